The van der Waals surface area contributed by atoms with Gasteiger partial charge >= 0.3 is 5.97 Å². The number of hydrogen-bond acceptors (Lipinski definition) is 6. The number of hydrogen-bond donors (Lipinski definition) is 1. The predicted octanol–water partition coefficient (Wildman–Crippen LogP) is 3.79. The van der Waals surface area contributed by atoms with Crippen molar-refractivity contribution in [2.75, 3.05) is 10.6 Å². The molecule has 0 radical (unpaired) electrons. The van der Waals surface area contributed by atoms with E-state index in [4.69, 9.17) is 15.2 Å². The Hall–Kier alpha value is -4.13. The molecule has 0 aliphatic carbocycles. The van der Waals surface area contributed by atoms with Gasteiger partial charge in [0.15, 0.2) is 5.75 Å². The van der Waals surface area contributed by atoms with Crippen LogP contribution in [0.1, 0.15) is 27.6 Å². The van der Waals surface area contributed by atoms with E-state index in [-0.39, 0.29) is 22.6 Å². The monoisotopic (exact) mass is 388 g/mol. The SMILES string of the molecule is CC(=O)Oc1ccccc1N1C(=O)c2ccc(Oc3ccc(N)cc3)cc2C1=O. The van der Waals surface area contributed by atoms with Gasteiger partial charge in [0.05, 0.1) is 16.8 Å². The highest BCUT2D eigenvalue weighted by Crippen LogP contribution is 2.36. The second kappa shape index (κ2) is 7.12. The maximum absolute atomic E-state index is 13.0. The molecule has 2 N–H and O–H groups in total. The van der Waals surface area contributed by atoms with Gasteiger partial charge < -0.3 is 15.2 Å². The zero-order chi connectivity index (χ0) is 20.5. The van der Waals surface area contributed by atoms with Gasteiger partial charge in [-0.05, 0) is 54.6 Å². The van der Waals surface area contributed by atoms with Crippen LogP contribution in [0.3, 0.4) is 0 Å². The van der Waals surface area contributed by atoms with E-state index in [9.17, 15) is 14.4 Å². The molecule has 0 spiro atoms. The van der Waals surface area contributed by atoms with Gasteiger partial charge in [-0.15, -0.1) is 0 Å². The van der Waals surface area contributed by atoms with E-state index in [2.05, 4.69) is 0 Å². The van der Waals surface area contributed by atoms with Crippen LogP contribution in [0, 0.1) is 0 Å². The fraction of sp³-hybridized carbons (Fsp3) is 0.0455. The highest BCUT2D eigenvalue weighted by Gasteiger charge is 2.38. The number of anilines is 2. The molecular weight excluding hydrogens is 372 g/mol. The van der Waals surface area contributed by atoms with Crippen molar-refractivity contribution in [3.63, 3.8) is 0 Å². The summed E-state index contributed by atoms with van der Waals surface area (Å²) >= 11 is 0. The van der Waals surface area contributed by atoms with Gasteiger partial charge in [0.1, 0.15) is 11.5 Å². The van der Waals surface area contributed by atoms with Crippen molar-refractivity contribution in [1.82, 2.24) is 0 Å². The third-order valence-corrected chi connectivity index (χ3v) is 4.33. The average molecular weight is 388 g/mol. The van der Waals surface area contributed by atoms with E-state index in [1.807, 2.05) is 0 Å². The maximum atomic E-state index is 13.0. The van der Waals surface area contributed by atoms with Crippen LogP contribution < -0.4 is 20.1 Å². The Balaban J connectivity index is 1.67. The second-order valence-electron chi connectivity index (χ2n) is 6.39. The van der Waals surface area contributed by atoms with E-state index in [0.29, 0.717) is 17.2 Å². The molecule has 0 saturated heterocycles. The Morgan fingerprint density at radius 1 is 0.862 bits per heavy atom. The summed E-state index contributed by atoms with van der Waals surface area (Å²) in [7, 11) is 0. The Morgan fingerprint density at radius 2 is 1.52 bits per heavy atom. The first kappa shape index (κ1) is 18.2. The Labute approximate surface area is 166 Å². The minimum atomic E-state index is -0.548. The minimum absolute atomic E-state index is 0.132. The summed E-state index contributed by atoms with van der Waals surface area (Å²) in [5.74, 6) is -0.477. The van der Waals surface area contributed by atoms with Crippen LogP contribution in [0.2, 0.25) is 0 Å². The molecule has 0 atom stereocenters. The maximum Gasteiger partial charge on any atom is 0.308 e. The van der Waals surface area contributed by atoms with Crippen LogP contribution in [0.5, 0.6) is 17.2 Å². The van der Waals surface area contributed by atoms with Crippen molar-refractivity contribution in [3.05, 3.63) is 77.9 Å². The summed E-state index contributed by atoms with van der Waals surface area (Å²) in [5.41, 5.74) is 6.93. The van der Waals surface area contributed by atoms with Crippen molar-refractivity contribution in [1.29, 1.82) is 0 Å². The molecule has 29 heavy (non-hydrogen) atoms. The normalized spacial score (nSPS) is 12.7. The number of carbonyl (C=O) groups is 3. The number of para-hydroxylation sites is 2. The summed E-state index contributed by atoms with van der Waals surface area (Å²) in [6.07, 6.45) is 0. The van der Waals surface area contributed by atoms with Gasteiger partial charge in [0, 0.05) is 12.6 Å². The van der Waals surface area contributed by atoms with Crippen LogP contribution in [-0.2, 0) is 4.79 Å². The lowest BCUT2D eigenvalue weighted by Crippen LogP contribution is -2.30. The lowest BCUT2D eigenvalue weighted by molar-refractivity contribution is -0.131. The average Bonchev–Trinajstić information content (AvgIpc) is 2.94. The molecule has 3 aromatic rings. The number of nitrogens with zero attached hydrogens (tertiary/aromatic N) is 1. The van der Waals surface area contributed by atoms with Crippen molar-refractivity contribution in [2.24, 2.45) is 0 Å². The fourth-order valence-corrected chi connectivity index (χ4v) is 3.06. The molecular formula is C22H16N2O5. The van der Waals surface area contributed by atoms with Gasteiger partial charge in [-0.3, -0.25) is 14.4 Å². The number of nitrogen functional groups attached to an aromatic ring is 1. The lowest BCUT2D eigenvalue weighted by atomic mass is 10.1. The Bertz CT molecular complexity index is 1140. The van der Waals surface area contributed by atoms with Gasteiger partial charge in [-0.1, -0.05) is 12.1 Å². The summed E-state index contributed by atoms with van der Waals surface area (Å²) in [4.78, 5) is 38.2. The topological polar surface area (TPSA) is 98.9 Å². The lowest BCUT2D eigenvalue weighted by Gasteiger charge is -2.17. The summed E-state index contributed by atoms with van der Waals surface area (Å²) in [5, 5.41) is 0. The van der Waals surface area contributed by atoms with Crippen LogP contribution in [0.4, 0.5) is 11.4 Å². The molecule has 0 fully saturated rings. The van der Waals surface area contributed by atoms with E-state index >= 15 is 0 Å². The van der Waals surface area contributed by atoms with E-state index in [1.54, 1.807) is 48.5 Å². The van der Waals surface area contributed by atoms with Crippen LogP contribution >= 0.6 is 0 Å². The quantitative estimate of drug-likeness (QED) is 0.316. The minimum Gasteiger partial charge on any atom is -0.457 e. The number of amides is 2. The molecule has 1 heterocycles. The van der Waals surface area contributed by atoms with Crippen molar-refractivity contribution >= 4 is 29.2 Å². The van der Waals surface area contributed by atoms with Gasteiger partial charge in [-0.25, -0.2) is 4.90 Å². The fourth-order valence-electron chi connectivity index (χ4n) is 3.06. The van der Waals surface area contributed by atoms with Crippen molar-refractivity contribution < 1.29 is 23.9 Å². The number of esters is 1. The number of benzene rings is 3. The number of fused-ring (bicyclic) bond motifs is 1. The molecule has 0 unspecified atom stereocenters. The number of imide groups is 1. The summed E-state index contributed by atoms with van der Waals surface area (Å²) in [6, 6.07) is 17.9. The first-order valence-corrected chi connectivity index (χ1v) is 8.78. The van der Waals surface area contributed by atoms with Crippen LogP contribution in [0.15, 0.2) is 66.7 Å². The molecule has 1 aliphatic rings. The second-order valence-corrected chi connectivity index (χ2v) is 6.39. The van der Waals surface area contributed by atoms with Crippen molar-refractivity contribution in [2.45, 2.75) is 6.92 Å². The molecule has 0 aromatic heterocycles. The molecule has 3 aromatic carbocycles. The molecule has 0 bridgehead atoms. The Kier molecular flexibility index (Phi) is 4.48. The third-order valence-electron chi connectivity index (χ3n) is 4.33. The smallest absolute Gasteiger partial charge is 0.308 e. The van der Waals surface area contributed by atoms with Crippen LogP contribution in [0.25, 0.3) is 0 Å². The highest BCUT2D eigenvalue weighted by molar-refractivity contribution is 6.35. The standard InChI is InChI=1S/C22H16N2O5/c1-13(25)28-20-5-3-2-4-19(20)24-21(26)17-11-10-16(12-18(17)22(24)27)29-15-8-6-14(23)7-9-15/h2-12H,23H2,1H3. The van der Waals surface area contributed by atoms with E-state index in [1.165, 1.54) is 25.1 Å². The Morgan fingerprint density at radius 3 is 2.24 bits per heavy atom. The summed E-state index contributed by atoms with van der Waals surface area (Å²) in [6.45, 7) is 1.25. The zero-order valence-corrected chi connectivity index (χ0v) is 15.4. The van der Waals surface area contributed by atoms with Crippen LogP contribution in [-0.4, -0.2) is 17.8 Å². The largest absolute Gasteiger partial charge is 0.457 e. The van der Waals surface area contributed by atoms with Gasteiger partial charge in [0.2, 0.25) is 0 Å². The van der Waals surface area contributed by atoms with E-state index < -0.39 is 17.8 Å². The molecule has 0 saturated carbocycles. The van der Waals surface area contributed by atoms with E-state index in [0.717, 1.165) is 4.90 Å². The number of rotatable bonds is 4. The third kappa shape index (κ3) is 3.41. The molecule has 1 aliphatic heterocycles. The number of carbonyl (C=O) groups excluding carboxylic acids is 3. The van der Waals surface area contributed by atoms with Gasteiger partial charge in [-0.2, -0.15) is 0 Å². The molecule has 4 rings (SSSR count). The highest BCUT2D eigenvalue weighted by atomic mass is 16.5. The van der Waals surface area contributed by atoms with Gasteiger partial charge in [0.25, 0.3) is 11.8 Å². The zero-order valence-electron chi connectivity index (χ0n) is 15.4. The first-order valence-electron chi connectivity index (χ1n) is 8.78. The first-order chi connectivity index (χ1) is 13.9. The number of ether oxygens (including phenoxy) is 2. The number of nitrogens with two attached hydrogens (primary N) is 1. The molecule has 144 valence electrons. The molecule has 2 amide bonds. The summed E-state index contributed by atoms with van der Waals surface area (Å²) < 4.78 is 10.9. The predicted molar refractivity (Wildman–Crippen MR) is 106 cm³/mol. The molecule has 7 nitrogen and oxygen atoms in total. The molecule has 7 heteroatoms. The van der Waals surface area contributed by atoms with Crippen molar-refractivity contribution in [3.8, 4) is 17.2 Å².